The second-order valence-electron chi connectivity index (χ2n) is 2.92. The van der Waals surface area contributed by atoms with E-state index in [9.17, 15) is 0 Å². The van der Waals surface area contributed by atoms with Gasteiger partial charge in [0.2, 0.25) is 6.41 Å². The predicted octanol–water partition coefficient (Wildman–Crippen LogP) is 0.983. The van der Waals surface area contributed by atoms with Crippen LogP contribution < -0.4 is 5.73 Å². The fourth-order valence-corrected chi connectivity index (χ4v) is 1.43. The van der Waals surface area contributed by atoms with E-state index in [1.165, 1.54) is 16.5 Å². The Hall–Kier alpha value is -1.84. The number of amides is 1. The molecule has 0 aliphatic rings. The fourth-order valence-electron chi connectivity index (χ4n) is 1.43. The zero-order valence-corrected chi connectivity index (χ0v) is 8.27. The van der Waals surface area contributed by atoms with Gasteiger partial charge >= 0.3 is 0 Å². The molecule has 2 rings (SSSR count). The molecule has 0 aliphatic carbocycles. The molecule has 1 heterocycles. The van der Waals surface area contributed by atoms with Gasteiger partial charge in [0, 0.05) is 12.4 Å². The van der Waals surface area contributed by atoms with E-state index in [1.807, 2.05) is 17.9 Å². The van der Waals surface area contributed by atoms with Crippen LogP contribution in [-0.4, -0.2) is 16.2 Å². The molecule has 0 spiro atoms. The van der Waals surface area contributed by atoms with Crippen molar-refractivity contribution in [1.29, 1.82) is 0 Å². The van der Waals surface area contributed by atoms with Gasteiger partial charge < -0.3 is 5.73 Å². The summed E-state index contributed by atoms with van der Waals surface area (Å²) in [4.78, 5) is 8.58. The van der Waals surface area contributed by atoms with Crippen molar-refractivity contribution < 1.29 is 4.79 Å². The third-order valence-electron chi connectivity index (χ3n) is 1.96. The molecule has 14 heavy (non-hydrogen) atoms. The monoisotopic (exact) mass is 191 g/mol. The molecule has 1 aromatic carbocycles. The first-order chi connectivity index (χ1) is 6.70. The number of aryl methyl sites for hydroxylation is 2. The average molecular weight is 191 g/mol. The van der Waals surface area contributed by atoms with Crippen LogP contribution in [-0.2, 0) is 11.8 Å². The molecule has 74 valence electrons. The third-order valence-corrected chi connectivity index (χ3v) is 1.96. The lowest BCUT2D eigenvalue weighted by Crippen LogP contribution is -1.90. The van der Waals surface area contributed by atoms with Gasteiger partial charge in [-0.05, 0) is 12.5 Å². The van der Waals surface area contributed by atoms with Gasteiger partial charge in [-0.25, -0.2) is 0 Å². The molecular formula is C10H13N3O. The Morgan fingerprint density at radius 1 is 1.50 bits per heavy atom. The Bertz CT molecular complexity index is 434. The lowest BCUT2D eigenvalue weighted by Gasteiger charge is -1.97. The first kappa shape index (κ1) is 10.2. The number of para-hydroxylation sites is 1. The number of hydrogen-bond donors (Lipinski definition) is 1. The smallest absolute Gasteiger partial charge is 0.204 e. The van der Waals surface area contributed by atoms with Crippen LogP contribution in [0.2, 0.25) is 0 Å². The lowest BCUT2D eigenvalue weighted by atomic mass is 10.2. The minimum absolute atomic E-state index is 0.250. The lowest BCUT2D eigenvalue weighted by molar-refractivity contribution is -0.106. The van der Waals surface area contributed by atoms with Crippen molar-refractivity contribution in [1.82, 2.24) is 9.78 Å². The molecule has 0 saturated heterocycles. The molecule has 4 heteroatoms. The Kier molecular flexibility index (Phi) is 3.23. The van der Waals surface area contributed by atoms with Gasteiger partial charge in [0.05, 0.1) is 11.7 Å². The molecule has 0 unspecified atom stereocenters. The largest absolute Gasteiger partial charge is 0.372 e. The van der Waals surface area contributed by atoms with Crippen LogP contribution in [0.15, 0.2) is 24.4 Å². The maximum Gasteiger partial charge on any atom is 0.204 e. The number of nitrogens with two attached hydrogens (primary N) is 1. The summed E-state index contributed by atoms with van der Waals surface area (Å²) < 4.78 is 1.91. The van der Waals surface area contributed by atoms with E-state index in [1.54, 1.807) is 0 Å². The minimum Gasteiger partial charge on any atom is -0.372 e. The Morgan fingerprint density at radius 2 is 2.14 bits per heavy atom. The van der Waals surface area contributed by atoms with Crippen molar-refractivity contribution in [3.63, 3.8) is 0 Å². The van der Waals surface area contributed by atoms with Gasteiger partial charge in [-0.3, -0.25) is 9.48 Å². The quantitative estimate of drug-likeness (QED) is 0.631. The van der Waals surface area contributed by atoms with Gasteiger partial charge in [0.1, 0.15) is 0 Å². The number of primary amides is 1. The normalized spacial score (nSPS) is 9.29. The predicted molar refractivity (Wildman–Crippen MR) is 55.7 cm³/mol. The zero-order chi connectivity index (χ0) is 10.6. The van der Waals surface area contributed by atoms with Gasteiger partial charge in [-0.1, -0.05) is 18.2 Å². The highest BCUT2D eigenvalue weighted by Gasteiger charge is 1.99. The van der Waals surface area contributed by atoms with E-state index in [-0.39, 0.29) is 6.41 Å². The van der Waals surface area contributed by atoms with Crippen LogP contribution in [0.4, 0.5) is 0 Å². The van der Waals surface area contributed by atoms with E-state index in [2.05, 4.69) is 36.0 Å². The number of benzene rings is 1. The van der Waals surface area contributed by atoms with Gasteiger partial charge in [-0.15, -0.1) is 0 Å². The van der Waals surface area contributed by atoms with Crippen molar-refractivity contribution in [2.75, 3.05) is 0 Å². The summed E-state index contributed by atoms with van der Waals surface area (Å²) in [5.74, 6) is 0. The summed E-state index contributed by atoms with van der Waals surface area (Å²) in [5.41, 5.74) is 6.68. The van der Waals surface area contributed by atoms with Crippen molar-refractivity contribution in [3.05, 3.63) is 30.0 Å². The number of nitrogens with zero attached hydrogens (tertiary/aromatic N) is 2. The molecule has 2 aromatic rings. The molecule has 0 radical (unpaired) electrons. The number of rotatable bonds is 0. The number of carbonyl (C=O) groups excluding carboxylic acids is 1. The maximum absolute atomic E-state index is 8.58. The molecule has 4 nitrogen and oxygen atoms in total. The number of fused-ring (bicyclic) bond motifs is 1. The molecule has 0 saturated carbocycles. The highest BCUT2D eigenvalue weighted by atomic mass is 16.1. The van der Waals surface area contributed by atoms with Gasteiger partial charge in [0.15, 0.2) is 0 Å². The van der Waals surface area contributed by atoms with Crippen molar-refractivity contribution in [3.8, 4) is 0 Å². The molecule has 0 atom stereocenters. The van der Waals surface area contributed by atoms with Crippen molar-refractivity contribution in [2.45, 2.75) is 6.92 Å². The summed E-state index contributed by atoms with van der Waals surface area (Å²) in [6.45, 7) is 2.10. The summed E-state index contributed by atoms with van der Waals surface area (Å²) >= 11 is 0. The van der Waals surface area contributed by atoms with Crippen LogP contribution in [0.1, 0.15) is 5.56 Å². The fraction of sp³-hybridized carbons (Fsp3) is 0.200. The molecule has 1 amide bonds. The molecule has 2 N–H and O–H groups in total. The summed E-state index contributed by atoms with van der Waals surface area (Å²) in [5, 5.41) is 5.39. The standard InChI is InChI=1S/C9H10N2.CH3NO/c1-7-4-3-5-8-6-10-11(2)9(7)8;2-1-3/h3-6H,1-2H3;1H,(H2,2,3). The number of carbonyl (C=O) groups is 1. The number of hydrogen-bond acceptors (Lipinski definition) is 2. The summed E-state index contributed by atoms with van der Waals surface area (Å²) in [6.07, 6.45) is 2.14. The molecule has 0 aliphatic heterocycles. The van der Waals surface area contributed by atoms with Crippen LogP contribution in [0.3, 0.4) is 0 Å². The Balaban J connectivity index is 0.000000293. The molecule has 0 bridgehead atoms. The minimum atomic E-state index is 0.250. The van der Waals surface area contributed by atoms with Crippen molar-refractivity contribution in [2.24, 2.45) is 12.8 Å². The van der Waals surface area contributed by atoms with Crippen LogP contribution in [0.5, 0.6) is 0 Å². The van der Waals surface area contributed by atoms with E-state index in [0.29, 0.717) is 0 Å². The van der Waals surface area contributed by atoms with E-state index < -0.39 is 0 Å². The SMILES string of the molecule is Cc1cccc2cnn(C)c12.NC=O. The van der Waals surface area contributed by atoms with E-state index in [0.717, 1.165) is 0 Å². The highest BCUT2D eigenvalue weighted by Crippen LogP contribution is 2.15. The first-order valence-electron chi connectivity index (χ1n) is 4.23. The molecule has 1 aromatic heterocycles. The first-order valence-corrected chi connectivity index (χ1v) is 4.23. The number of aromatic nitrogens is 2. The van der Waals surface area contributed by atoms with E-state index >= 15 is 0 Å². The maximum atomic E-state index is 8.58. The third kappa shape index (κ3) is 1.90. The summed E-state index contributed by atoms with van der Waals surface area (Å²) in [6, 6.07) is 6.23. The van der Waals surface area contributed by atoms with Crippen LogP contribution in [0, 0.1) is 6.92 Å². The Morgan fingerprint density at radius 3 is 2.71 bits per heavy atom. The van der Waals surface area contributed by atoms with E-state index in [4.69, 9.17) is 4.79 Å². The average Bonchev–Trinajstić information content (AvgIpc) is 2.51. The summed E-state index contributed by atoms with van der Waals surface area (Å²) in [7, 11) is 1.97. The van der Waals surface area contributed by atoms with Crippen LogP contribution in [0.25, 0.3) is 10.9 Å². The zero-order valence-electron chi connectivity index (χ0n) is 8.27. The molecular weight excluding hydrogens is 178 g/mol. The highest BCUT2D eigenvalue weighted by molar-refractivity contribution is 5.81. The van der Waals surface area contributed by atoms with Crippen molar-refractivity contribution >= 4 is 17.3 Å². The Labute approximate surface area is 82.3 Å². The molecule has 0 fully saturated rings. The van der Waals surface area contributed by atoms with Gasteiger partial charge in [-0.2, -0.15) is 5.10 Å². The van der Waals surface area contributed by atoms with Gasteiger partial charge in [0.25, 0.3) is 0 Å². The second kappa shape index (κ2) is 4.41. The van der Waals surface area contributed by atoms with Crippen LogP contribution >= 0.6 is 0 Å². The topological polar surface area (TPSA) is 60.9 Å². The second-order valence-corrected chi connectivity index (χ2v) is 2.92.